The van der Waals surface area contributed by atoms with Crippen molar-refractivity contribution in [1.29, 1.82) is 0 Å². The van der Waals surface area contributed by atoms with Gasteiger partial charge in [-0.05, 0) is 55.3 Å². The van der Waals surface area contributed by atoms with Gasteiger partial charge in [0.1, 0.15) is 0 Å². The van der Waals surface area contributed by atoms with Gasteiger partial charge in [0, 0.05) is 23.3 Å². The second-order valence-corrected chi connectivity index (χ2v) is 12.6. The van der Waals surface area contributed by atoms with Crippen molar-refractivity contribution in [1.82, 2.24) is 5.32 Å². The summed E-state index contributed by atoms with van der Waals surface area (Å²) in [6.07, 6.45) is 5.85. The zero-order valence-corrected chi connectivity index (χ0v) is 24.8. The lowest BCUT2D eigenvalue weighted by molar-refractivity contribution is -0.224. The summed E-state index contributed by atoms with van der Waals surface area (Å²) < 4.78 is 16.9. The van der Waals surface area contributed by atoms with Gasteiger partial charge in [-0.15, -0.1) is 0 Å². The van der Waals surface area contributed by atoms with Gasteiger partial charge < -0.3 is 24.4 Å². The minimum absolute atomic E-state index is 0.100. The number of rotatable bonds is 13. The molecule has 0 aliphatic carbocycles. The van der Waals surface area contributed by atoms with Crippen molar-refractivity contribution in [2.75, 3.05) is 19.1 Å². The number of aliphatic hydroxyl groups is 2. The first-order chi connectivity index (χ1) is 17.7. The molecule has 37 heavy (non-hydrogen) atoms. The first-order valence-corrected chi connectivity index (χ1v) is 16.2. The highest BCUT2D eigenvalue weighted by Crippen LogP contribution is 2.37. The highest BCUT2D eigenvalue weighted by Gasteiger charge is 2.37. The quantitative estimate of drug-likeness (QED) is 0.0710. The molecule has 1 saturated heterocycles. The van der Waals surface area contributed by atoms with Crippen LogP contribution in [0.2, 0.25) is 0 Å². The average Bonchev–Trinajstić information content (AvgIpc) is 2.87. The predicted octanol–water partition coefficient (Wildman–Crippen LogP) is 4.78. The lowest BCUT2D eigenvalue weighted by Crippen LogP contribution is -2.41. The van der Waals surface area contributed by atoms with Crippen LogP contribution in [0.3, 0.4) is 0 Å². The van der Waals surface area contributed by atoms with Crippen molar-refractivity contribution in [3.8, 4) is 11.8 Å². The van der Waals surface area contributed by atoms with Crippen LogP contribution in [0.1, 0.15) is 53.4 Å². The van der Waals surface area contributed by atoms with Gasteiger partial charge in [0.05, 0.1) is 31.1 Å². The van der Waals surface area contributed by atoms with Crippen LogP contribution in [0.5, 0.6) is 0 Å². The topological polar surface area (TPSA) is 114 Å². The Labute approximate surface area is 232 Å². The number of aldehydes is 1. The SMILES string of the molecule is C/C=C\C#CC(O)(CC)C(=C/CSSSC)/C(=C(\C=O)NC(=O)OC)C(CC)O[C@H]1CC(O)CC(C)O1. The Morgan fingerprint density at radius 1 is 1.35 bits per heavy atom. The van der Waals surface area contributed by atoms with Crippen LogP contribution >= 0.6 is 31.4 Å². The maximum atomic E-state index is 12.3. The van der Waals surface area contributed by atoms with E-state index in [-0.39, 0.29) is 30.2 Å². The number of aliphatic hydroxyl groups excluding tert-OH is 1. The number of amides is 1. The molecule has 1 aliphatic rings. The summed E-state index contributed by atoms with van der Waals surface area (Å²) >= 11 is 0. The third kappa shape index (κ3) is 11.1. The molecule has 0 aromatic carbocycles. The van der Waals surface area contributed by atoms with Crippen molar-refractivity contribution in [2.45, 2.75) is 83.6 Å². The van der Waals surface area contributed by atoms with Crippen LogP contribution in [-0.2, 0) is 19.0 Å². The van der Waals surface area contributed by atoms with Crippen molar-refractivity contribution in [2.24, 2.45) is 0 Å². The van der Waals surface area contributed by atoms with Crippen LogP contribution in [0.15, 0.2) is 35.1 Å². The third-order valence-electron chi connectivity index (χ3n) is 5.54. The number of hydrogen-bond donors (Lipinski definition) is 3. The van der Waals surface area contributed by atoms with Gasteiger partial charge in [-0.25, -0.2) is 4.79 Å². The molecular formula is C26H39NO7S3. The molecule has 208 valence electrons. The van der Waals surface area contributed by atoms with Gasteiger partial charge in [0.25, 0.3) is 0 Å². The molecule has 1 aliphatic heterocycles. The molecule has 1 fully saturated rings. The lowest BCUT2D eigenvalue weighted by Gasteiger charge is -2.36. The molecule has 11 heteroatoms. The van der Waals surface area contributed by atoms with Crippen molar-refractivity contribution < 1.29 is 34.0 Å². The zero-order valence-electron chi connectivity index (χ0n) is 22.3. The highest BCUT2D eigenvalue weighted by molar-refractivity contribution is 9.09. The minimum atomic E-state index is -1.65. The summed E-state index contributed by atoms with van der Waals surface area (Å²) in [6.45, 7) is 7.33. The Balaban J connectivity index is 3.77. The molecule has 1 amide bonds. The average molecular weight is 574 g/mol. The monoisotopic (exact) mass is 573 g/mol. The number of nitrogens with one attached hydrogen (secondary N) is 1. The molecule has 0 aromatic rings. The smallest absolute Gasteiger partial charge is 0.411 e. The Kier molecular flexibility index (Phi) is 16.4. The van der Waals surface area contributed by atoms with Gasteiger partial charge in [0.15, 0.2) is 18.2 Å². The number of ether oxygens (including phenoxy) is 3. The molecule has 1 rings (SSSR count). The summed E-state index contributed by atoms with van der Waals surface area (Å²) in [6, 6.07) is 0. The van der Waals surface area contributed by atoms with E-state index < -0.39 is 30.2 Å². The Hall–Kier alpha value is -1.39. The maximum absolute atomic E-state index is 12.3. The summed E-state index contributed by atoms with van der Waals surface area (Å²) in [4.78, 5) is 24.5. The molecule has 5 atom stereocenters. The largest absolute Gasteiger partial charge is 0.453 e. The minimum Gasteiger partial charge on any atom is -0.453 e. The Morgan fingerprint density at radius 3 is 2.62 bits per heavy atom. The Morgan fingerprint density at radius 2 is 2.08 bits per heavy atom. The lowest BCUT2D eigenvalue weighted by atomic mass is 9.82. The fourth-order valence-electron chi connectivity index (χ4n) is 3.81. The molecular weight excluding hydrogens is 534 g/mol. The number of alkyl carbamates (subject to hydrolysis) is 1. The van der Waals surface area contributed by atoms with Gasteiger partial charge in [0.2, 0.25) is 0 Å². The van der Waals surface area contributed by atoms with E-state index in [1.807, 2.05) is 33.1 Å². The van der Waals surface area contributed by atoms with E-state index >= 15 is 0 Å². The maximum Gasteiger partial charge on any atom is 0.411 e. The van der Waals surface area contributed by atoms with E-state index in [4.69, 9.17) is 14.2 Å². The van der Waals surface area contributed by atoms with Gasteiger partial charge in [-0.2, -0.15) is 0 Å². The summed E-state index contributed by atoms with van der Waals surface area (Å²) in [5.74, 6) is 6.28. The molecule has 0 spiro atoms. The van der Waals surface area contributed by atoms with Crippen LogP contribution in [0.25, 0.3) is 0 Å². The van der Waals surface area contributed by atoms with Crippen LogP contribution < -0.4 is 5.32 Å². The summed E-state index contributed by atoms with van der Waals surface area (Å²) in [5, 5.41) is 24.5. The van der Waals surface area contributed by atoms with E-state index in [0.29, 0.717) is 30.5 Å². The fourth-order valence-corrected chi connectivity index (χ4v) is 6.22. The first kappa shape index (κ1) is 33.6. The number of allylic oxidation sites excluding steroid dienone is 3. The van der Waals surface area contributed by atoms with E-state index in [1.165, 1.54) is 7.11 Å². The van der Waals surface area contributed by atoms with Crippen molar-refractivity contribution in [3.05, 3.63) is 35.1 Å². The number of methoxy groups -OCH3 is 1. The number of carbonyl (C=O) groups excluding carboxylic acids is 2. The normalized spacial score (nSPS) is 23.4. The number of carbonyl (C=O) groups is 2. The molecule has 0 aromatic heterocycles. The molecule has 0 saturated carbocycles. The van der Waals surface area contributed by atoms with Crippen LogP contribution in [0, 0.1) is 11.8 Å². The van der Waals surface area contributed by atoms with E-state index in [1.54, 1.807) is 50.5 Å². The van der Waals surface area contributed by atoms with Gasteiger partial charge in [-0.3, -0.25) is 10.1 Å². The van der Waals surface area contributed by atoms with Gasteiger partial charge >= 0.3 is 6.09 Å². The number of hydrogen-bond acceptors (Lipinski definition) is 10. The van der Waals surface area contributed by atoms with Crippen LogP contribution in [0.4, 0.5) is 4.79 Å². The van der Waals surface area contributed by atoms with E-state index in [2.05, 4.69) is 17.2 Å². The second kappa shape index (κ2) is 18.0. The Bertz CT molecular complexity index is 886. The summed E-state index contributed by atoms with van der Waals surface area (Å²) in [7, 11) is 5.92. The van der Waals surface area contributed by atoms with Crippen molar-refractivity contribution in [3.63, 3.8) is 0 Å². The molecule has 4 unspecified atom stereocenters. The first-order valence-electron chi connectivity index (χ1n) is 12.1. The third-order valence-corrected chi connectivity index (χ3v) is 9.27. The van der Waals surface area contributed by atoms with E-state index in [9.17, 15) is 19.8 Å². The molecule has 0 radical (unpaired) electrons. The highest BCUT2D eigenvalue weighted by atomic mass is 33.5. The standard InChI is InChI=1S/C26H39NO7S3/c1-7-10-11-13-26(31,9-3)20(12-14-36-37-35-6)24(21(17-28)27-25(30)32-5)22(8-2)34-23-16-19(29)15-18(4)33-23/h7,10,12,17-19,22-23,29,31H,8-9,14-16H2,1-6H3,(H,27,30)/b10-7-,20-12+,24-21-/t18?,19?,22?,23-,26?/m0/s1. The van der Waals surface area contributed by atoms with E-state index in [0.717, 1.165) is 0 Å². The fraction of sp³-hybridized carbons (Fsp3) is 0.615. The molecule has 3 N–H and O–H groups in total. The molecule has 8 nitrogen and oxygen atoms in total. The van der Waals surface area contributed by atoms with Gasteiger partial charge in [-0.1, -0.05) is 59.4 Å². The zero-order chi connectivity index (χ0) is 27.8. The summed E-state index contributed by atoms with van der Waals surface area (Å²) in [5.41, 5.74) is -1.11. The van der Waals surface area contributed by atoms with Crippen molar-refractivity contribution >= 4 is 43.8 Å². The van der Waals surface area contributed by atoms with Crippen LogP contribution in [-0.4, -0.2) is 71.9 Å². The molecule has 0 bridgehead atoms. The molecule has 1 heterocycles. The second-order valence-electron chi connectivity index (χ2n) is 8.22. The predicted molar refractivity (Wildman–Crippen MR) is 153 cm³/mol.